The van der Waals surface area contributed by atoms with E-state index in [-0.39, 0.29) is 16.9 Å². The summed E-state index contributed by atoms with van der Waals surface area (Å²) in [7, 11) is 1.59. The molecule has 1 aromatic heterocycles. The number of nitrogens with one attached hydrogen (secondary N) is 1. The number of ether oxygens (including phenoxy) is 1. The van der Waals surface area contributed by atoms with E-state index in [0.717, 1.165) is 35.1 Å². The molecule has 1 unspecified atom stereocenters. The molecule has 2 heterocycles. The number of fused-ring (bicyclic) bond motifs is 1. The highest BCUT2D eigenvalue weighted by molar-refractivity contribution is 7.99. The summed E-state index contributed by atoms with van der Waals surface area (Å²) in [6.07, 6.45) is 3.58. The van der Waals surface area contributed by atoms with Gasteiger partial charge in [-0.15, -0.1) is 11.8 Å². The lowest BCUT2D eigenvalue weighted by atomic mass is 9.81. The number of hydrogen-bond acceptors (Lipinski definition) is 7. The van der Waals surface area contributed by atoms with Gasteiger partial charge in [-0.3, -0.25) is 9.78 Å². The summed E-state index contributed by atoms with van der Waals surface area (Å²) in [5.41, 5.74) is 4.06. The number of thioether (sulfide) groups is 1. The van der Waals surface area contributed by atoms with Gasteiger partial charge in [0, 0.05) is 35.3 Å². The second-order valence-electron chi connectivity index (χ2n) is 9.26. The number of carboxylic acid groups (broad SMARTS) is 1. The van der Waals surface area contributed by atoms with Gasteiger partial charge in [0.15, 0.2) is 0 Å². The number of benzene rings is 2. The second-order valence-corrected chi connectivity index (χ2v) is 10.4. The number of nitrogens with zero attached hydrogens (tertiary/aromatic N) is 2. The van der Waals surface area contributed by atoms with Gasteiger partial charge in [-0.1, -0.05) is 0 Å². The SMILES string of the molecule is COc1ccc2nccc(C(CC[C@@H]3CCN(CCSc4cc(F)ccc4F)C[C@@H]3C(=O)O)NO)c2c1. The summed E-state index contributed by atoms with van der Waals surface area (Å²) in [4.78, 5) is 18.8. The number of pyridine rings is 1. The predicted molar refractivity (Wildman–Crippen MR) is 138 cm³/mol. The van der Waals surface area contributed by atoms with E-state index in [2.05, 4.69) is 15.4 Å². The number of aromatic nitrogens is 1. The molecule has 1 aliphatic rings. The third kappa shape index (κ3) is 6.75. The van der Waals surface area contributed by atoms with E-state index >= 15 is 0 Å². The van der Waals surface area contributed by atoms with E-state index in [9.17, 15) is 23.9 Å². The van der Waals surface area contributed by atoms with Crippen molar-refractivity contribution < 1.29 is 28.6 Å². The van der Waals surface area contributed by atoms with Crippen molar-refractivity contribution in [3.63, 3.8) is 0 Å². The van der Waals surface area contributed by atoms with Crippen LogP contribution in [0.1, 0.15) is 30.9 Å². The molecule has 0 aliphatic carbocycles. The van der Waals surface area contributed by atoms with Crippen LogP contribution in [-0.2, 0) is 4.79 Å². The van der Waals surface area contributed by atoms with Gasteiger partial charge < -0.3 is 20.0 Å². The van der Waals surface area contributed by atoms with Gasteiger partial charge in [0.25, 0.3) is 0 Å². The first kappa shape index (κ1) is 27.3. The highest BCUT2D eigenvalue weighted by atomic mass is 32.2. The molecule has 1 saturated heterocycles. The smallest absolute Gasteiger partial charge is 0.308 e. The van der Waals surface area contributed by atoms with Crippen LogP contribution in [-0.4, -0.2) is 58.7 Å². The van der Waals surface area contributed by atoms with Crippen LogP contribution >= 0.6 is 11.8 Å². The average Bonchev–Trinajstić information content (AvgIpc) is 2.91. The number of hydroxylamine groups is 1. The summed E-state index contributed by atoms with van der Waals surface area (Å²) in [5, 5.41) is 20.8. The molecule has 0 amide bonds. The summed E-state index contributed by atoms with van der Waals surface area (Å²) < 4.78 is 32.6. The van der Waals surface area contributed by atoms with Gasteiger partial charge >= 0.3 is 5.97 Å². The van der Waals surface area contributed by atoms with Crippen LogP contribution in [0.4, 0.5) is 8.78 Å². The number of hydrogen-bond donors (Lipinski definition) is 3. The van der Waals surface area contributed by atoms with Crippen molar-refractivity contribution in [3.05, 3.63) is 65.9 Å². The van der Waals surface area contributed by atoms with Crippen LogP contribution in [0.25, 0.3) is 10.9 Å². The monoisotopic (exact) mass is 531 g/mol. The van der Waals surface area contributed by atoms with E-state index in [1.165, 1.54) is 17.8 Å². The molecule has 1 aliphatic heterocycles. The molecule has 2 aromatic carbocycles. The summed E-state index contributed by atoms with van der Waals surface area (Å²) >= 11 is 1.23. The molecule has 0 saturated carbocycles. The predicted octanol–water partition coefficient (Wildman–Crippen LogP) is 5.14. The molecular weight excluding hydrogens is 500 g/mol. The van der Waals surface area contributed by atoms with Crippen LogP contribution in [0.3, 0.4) is 0 Å². The fourth-order valence-corrected chi connectivity index (χ4v) is 5.99. The summed E-state index contributed by atoms with van der Waals surface area (Å²) in [6.45, 7) is 1.72. The fraction of sp³-hybridized carbons (Fsp3) is 0.407. The van der Waals surface area contributed by atoms with Crippen LogP contribution in [0.15, 0.2) is 53.6 Å². The van der Waals surface area contributed by atoms with E-state index in [0.29, 0.717) is 43.9 Å². The first-order valence-corrected chi connectivity index (χ1v) is 13.2. The van der Waals surface area contributed by atoms with E-state index in [4.69, 9.17) is 4.74 Å². The fourth-order valence-electron chi connectivity index (χ4n) is 5.02. The van der Waals surface area contributed by atoms with Gasteiger partial charge in [-0.05, 0) is 79.8 Å². The highest BCUT2D eigenvalue weighted by Crippen LogP contribution is 2.34. The van der Waals surface area contributed by atoms with Crippen LogP contribution in [0, 0.1) is 23.5 Å². The molecule has 3 atom stereocenters. The van der Waals surface area contributed by atoms with Gasteiger partial charge in [-0.2, -0.15) is 5.48 Å². The lowest BCUT2D eigenvalue weighted by Crippen LogP contribution is -2.44. The Kier molecular flexibility index (Phi) is 9.31. The van der Waals surface area contributed by atoms with Gasteiger partial charge in [-0.25, -0.2) is 8.78 Å². The van der Waals surface area contributed by atoms with Crippen molar-refractivity contribution in [1.29, 1.82) is 0 Å². The molecule has 0 bridgehead atoms. The zero-order valence-corrected chi connectivity index (χ0v) is 21.4. The lowest BCUT2D eigenvalue weighted by Gasteiger charge is -2.37. The molecular formula is C27H31F2N3O4S. The number of methoxy groups -OCH3 is 1. The van der Waals surface area contributed by atoms with Crippen LogP contribution in [0.5, 0.6) is 5.75 Å². The molecule has 1 fully saturated rings. The van der Waals surface area contributed by atoms with Crippen LogP contribution in [0.2, 0.25) is 0 Å². The Morgan fingerprint density at radius 2 is 2.11 bits per heavy atom. The molecule has 0 spiro atoms. The topological polar surface area (TPSA) is 94.9 Å². The molecule has 0 radical (unpaired) electrons. The minimum Gasteiger partial charge on any atom is -0.497 e. The Labute approximate surface area is 218 Å². The quantitative estimate of drug-likeness (QED) is 0.231. The average molecular weight is 532 g/mol. The molecule has 3 N–H and O–H groups in total. The zero-order chi connectivity index (χ0) is 26.4. The first-order valence-electron chi connectivity index (χ1n) is 12.2. The minimum absolute atomic E-state index is 0.0412. The largest absolute Gasteiger partial charge is 0.497 e. The van der Waals surface area contributed by atoms with E-state index in [1.54, 1.807) is 13.3 Å². The normalized spacial score (nSPS) is 19.1. The van der Waals surface area contributed by atoms with Crippen molar-refractivity contribution in [1.82, 2.24) is 15.4 Å². The second kappa shape index (κ2) is 12.6. The summed E-state index contributed by atoms with van der Waals surface area (Å²) in [5.74, 6) is -1.14. The van der Waals surface area contributed by atoms with E-state index < -0.39 is 23.5 Å². The van der Waals surface area contributed by atoms with Crippen molar-refractivity contribution in [2.75, 3.05) is 32.5 Å². The summed E-state index contributed by atoms with van der Waals surface area (Å²) in [6, 6.07) is 10.4. The number of rotatable bonds is 11. The van der Waals surface area contributed by atoms with Crippen molar-refractivity contribution in [2.24, 2.45) is 11.8 Å². The van der Waals surface area contributed by atoms with Crippen molar-refractivity contribution in [3.8, 4) is 5.75 Å². The Morgan fingerprint density at radius 3 is 2.86 bits per heavy atom. The van der Waals surface area contributed by atoms with E-state index in [1.807, 2.05) is 24.3 Å². The maximum Gasteiger partial charge on any atom is 0.308 e. The maximum absolute atomic E-state index is 13.9. The number of carbonyl (C=O) groups is 1. The molecule has 37 heavy (non-hydrogen) atoms. The Balaban J connectivity index is 1.36. The van der Waals surface area contributed by atoms with Crippen molar-refractivity contribution >= 4 is 28.6 Å². The minimum atomic E-state index is -0.842. The Bertz CT molecular complexity index is 1230. The molecule has 10 heteroatoms. The van der Waals surface area contributed by atoms with Gasteiger partial charge in [0.2, 0.25) is 0 Å². The molecule has 4 rings (SSSR count). The molecule has 3 aromatic rings. The first-order chi connectivity index (χ1) is 17.9. The zero-order valence-electron chi connectivity index (χ0n) is 20.6. The van der Waals surface area contributed by atoms with Crippen LogP contribution < -0.4 is 10.2 Å². The number of aliphatic carboxylic acids is 1. The Hall–Kier alpha value is -2.79. The van der Waals surface area contributed by atoms with Gasteiger partial charge in [0.05, 0.1) is 24.6 Å². The third-order valence-corrected chi connectivity index (χ3v) is 8.07. The maximum atomic E-state index is 13.9. The number of halogens is 2. The van der Waals surface area contributed by atoms with Gasteiger partial charge in [0.1, 0.15) is 17.4 Å². The molecule has 198 valence electrons. The highest BCUT2D eigenvalue weighted by Gasteiger charge is 2.34. The number of carboxylic acids is 1. The lowest BCUT2D eigenvalue weighted by molar-refractivity contribution is -0.146. The standard InChI is InChI=1S/C27H31F2N3O4S/c1-36-19-4-7-24-21(15-19)20(8-10-30-24)25(31-35)6-2-17-9-11-32(16-22(17)27(33)34)12-13-37-26-14-18(28)3-5-23(26)29/h3-5,7-8,10,14-15,17,22,25,31,35H,2,6,9,11-13,16H2,1H3,(H,33,34)/t17-,22+,25?/m1/s1. The Morgan fingerprint density at radius 1 is 1.27 bits per heavy atom. The third-order valence-electron chi connectivity index (χ3n) is 7.06. The molecule has 7 nitrogen and oxygen atoms in total. The van der Waals surface area contributed by atoms with Crippen molar-refractivity contribution in [2.45, 2.75) is 30.2 Å². The number of likely N-dealkylation sites (tertiary alicyclic amines) is 1. The number of piperidine rings is 1.